The lowest BCUT2D eigenvalue weighted by Gasteiger charge is -2.08. The van der Waals surface area contributed by atoms with Crippen LogP contribution < -0.4 is 10.3 Å². The molecule has 2 aromatic rings. The highest BCUT2D eigenvalue weighted by molar-refractivity contribution is 9.10. The number of methoxy groups -OCH3 is 1. The van der Waals surface area contributed by atoms with E-state index in [4.69, 9.17) is 9.84 Å². The van der Waals surface area contributed by atoms with Gasteiger partial charge in [-0.15, -0.1) is 0 Å². The number of halogens is 1. The van der Waals surface area contributed by atoms with E-state index in [1.165, 1.54) is 14.0 Å². The van der Waals surface area contributed by atoms with Crippen molar-refractivity contribution in [3.8, 4) is 17.1 Å². The first-order valence-electron chi connectivity index (χ1n) is 5.62. The minimum Gasteiger partial charge on any atom is -0.497 e. The van der Waals surface area contributed by atoms with Crippen LogP contribution in [-0.4, -0.2) is 28.2 Å². The van der Waals surface area contributed by atoms with Crippen LogP contribution in [0.1, 0.15) is 16.1 Å². The van der Waals surface area contributed by atoms with Gasteiger partial charge in [0.25, 0.3) is 5.56 Å². The average molecular weight is 339 g/mol. The number of rotatable bonds is 3. The topological polar surface area (TPSA) is 92.3 Å². The van der Waals surface area contributed by atoms with E-state index in [1.807, 2.05) is 0 Å². The standard InChI is InChI=1S/C13H11BrN2O4/c1-6-10(13(18)19)12(17)16-11(15-6)8-5-7(20-2)3-4-9(8)14/h3-5H,1-2H3,(H,18,19)(H,15,16,17). The van der Waals surface area contributed by atoms with Gasteiger partial charge in [-0.2, -0.15) is 0 Å². The Hall–Kier alpha value is -2.15. The summed E-state index contributed by atoms with van der Waals surface area (Å²) >= 11 is 3.36. The molecule has 0 aliphatic rings. The third-order valence-corrected chi connectivity index (χ3v) is 3.43. The number of benzene rings is 1. The molecule has 1 aromatic heterocycles. The van der Waals surface area contributed by atoms with Gasteiger partial charge in [0.15, 0.2) is 0 Å². The minimum absolute atomic E-state index is 0.158. The molecule has 0 bridgehead atoms. The van der Waals surface area contributed by atoms with Crippen LogP contribution in [0.25, 0.3) is 11.4 Å². The van der Waals surface area contributed by atoms with Crippen molar-refractivity contribution in [2.45, 2.75) is 6.92 Å². The van der Waals surface area contributed by atoms with Gasteiger partial charge in [-0.05, 0) is 25.1 Å². The number of nitrogens with one attached hydrogen (secondary N) is 1. The van der Waals surface area contributed by atoms with Crippen LogP contribution in [0.15, 0.2) is 27.5 Å². The molecule has 104 valence electrons. The number of hydrogen-bond donors (Lipinski definition) is 2. The fourth-order valence-corrected chi connectivity index (χ4v) is 2.21. The van der Waals surface area contributed by atoms with Gasteiger partial charge < -0.3 is 14.8 Å². The molecule has 0 atom stereocenters. The molecule has 0 aliphatic carbocycles. The number of aromatic amines is 1. The summed E-state index contributed by atoms with van der Waals surface area (Å²) in [6, 6.07) is 5.21. The fourth-order valence-electron chi connectivity index (χ4n) is 1.78. The van der Waals surface area contributed by atoms with Gasteiger partial charge >= 0.3 is 5.97 Å². The zero-order chi connectivity index (χ0) is 14.9. The first-order valence-corrected chi connectivity index (χ1v) is 6.41. The highest BCUT2D eigenvalue weighted by atomic mass is 79.9. The van der Waals surface area contributed by atoms with Crippen LogP contribution >= 0.6 is 15.9 Å². The number of ether oxygens (including phenoxy) is 1. The molecule has 0 radical (unpaired) electrons. The molecule has 2 rings (SSSR count). The van der Waals surface area contributed by atoms with E-state index in [1.54, 1.807) is 18.2 Å². The molecule has 6 nitrogen and oxygen atoms in total. The molecule has 0 amide bonds. The zero-order valence-electron chi connectivity index (χ0n) is 10.7. The summed E-state index contributed by atoms with van der Waals surface area (Å²) in [6.45, 7) is 1.48. The van der Waals surface area contributed by atoms with E-state index < -0.39 is 11.5 Å². The lowest BCUT2D eigenvalue weighted by Crippen LogP contribution is -2.21. The van der Waals surface area contributed by atoms with Crippen molar-refractivity contribution in [3.63, 3.8) is 0 Å². The second-order valence-corrected chi connectivity index (χ2v) is 4.88. The average Bonchev–Trinajstić information content (AvgIpc) is 2.37. The third-order valence-electron chi connectivity index (χ3n) is 2.74. The van der Waals surface area contributed by atoms with Crippen LogP contribution in [-0.2, 0) is 0 Å². The van der Waals surface area contributed by atoms with E-state index in [-0.39, 0.29) is 17.1 Å². The van der Waals surface area contributed by atoms with Gasteiger partial charge in [0.05, 0.1) is 12.8 Å². The third kappa shape index (κ3) is 2.57. The van der Waals surface area contributed by atoms with Gasteiger partial charge in [-0.3, -0.25) is 4.79 Å². The number of aryl methyl sites for hydroxylation is 1. The second kappa shape index (κ2) is 5.46. The number of carboxylic acid groups (broad SMARTS) is 1. The molecule has 1 heterocycles. The summed E-state index contributed by atoms with van der Waals surface area (Å²) in [4.78, 5) is 29.4. The predicted molar refractivity (Wildman–Crippen MR) is 76.2 cm³/mol. The highest BCUT2D eigenvalue weighted by Gasteiger charge is 2.16. The zero-order valence-corrected chi connectivity index (χ0v) is 12.3. The quantitative estimate of drug-likeness (QED) is 0.895. The Morgan fingerprint density at radius 1 is 1.45 bits per heavy atom. The molecule has 1 aromatic carbocycles. The van der Waals surface area contributed by atoms with Crippen molar-refractivity contribution < 1.29 is 14.6 Å². The van der Waals surface area contributed by atoms with E-state index in [9.17, 15) is 9.59 Å². The Morgan fingerprint density at radius 3 is 2.70 bits per heavy atom. The van der Waals surface area contributed by atoms with Gasteiger partial charge in [0, 0.05) is 10.0 Å². The van der Waals surface area contributed by atoms with Crippen molar-refractivity contribution in [2.75, 3.05) is 7.11 Å². The smallest absolute Gasteiger partial charge is 0.343 e. The van der Waals surface area contributed by atoms with E-state index in [0.717, 1.165) is 0 Å². The number of hydrogen-bond acceptors (Lipinski definition) is 4. The van der Waals surface area contributed by atoms with E-state index in [0.29, 0.717) is 15.8 Å². The number of aromatic nitrogens is 2. The predicted octanol–water partition coefficient (Wildman–Crippen LogP) is 2.21. The molecule has 0 spiro atoms. The van der Waals surface area contributed by atoms with Crippen molar-refractivity contribution in [3.05, 3.63) is 44.3 Å². The Bertz CT molecular complexity index is 740. The number of carbonyl (C=O) groups is 1. The summed E-state index contributed by atoms with van der Waals surface area (Å²) in [5.41, 5.74) is -0.269. The fraction of sp³-hybridized carbons (Fsp3) is 0.154. The number of nitrogens with zero attached hydrogens (tertiary/aromatic N) is 1. The van der Waals surface area contributed by atoms with Crippen molar-refractivity contribution in [2.24, 2.45) is 0 Å². The number of aromatic carboxylic acids is 1. The van der Waals surface area contributed by atoms with Crippen LogP contribution in [0.4, 0.5) is 0 Å². The number of carboxylic acids is 1. The second-order valence-electron chi connectivity index (χ2n) is 4.03. The highest BCUT2D eigenvalue weighted by Crippen LogP contribution is 2.29. The lowest BCUT2D eigenvalue weighted by molar-refractivity contribution is 0.0693. The Morgan fingerprint density at radius 2 is 2.15 bits per heavy atom. The minimum atomic E-state index is -1.30. The van der Waals surface area contributed by atoms with Gasteiger partial charge in [-0.25, -0.2) is 9.78 Å². The Labute approximate surface area is 122 Å². The normalized spacial score (nSPS) is 10.3. The van der Waals surface area contributed by atoms with Crippen LogP contribution in [0.3, 0.4) is 0 Å². The SMILES string of the molecule is COc1ccc(Br)c(-c2nc(C)c(C(=O)O)c(=O)[nH]2)c1. The van der Waals surface area contributed by atoms with Crippen molar-refractivity contribution in [1.82, 2.24) is 9.97 Å². The molecule has 0 unspecified atom stereocenters. The molecule has 0 fully saturated rings. The summed E-state index contributed by atoms with van der Waals surface area (Å²) in [5, 5.41) is 8.96. The van der Waals surface area contributed by atoms with Crippen LogP contribution in [0.5, 0.6) is 5.75 Å². The van der Waals surface area contributed by atoms with Gasteiger partial charge in [0.1, 0.15) is 17.1 Å². The summed E-state index contributed by atoms with van der Waals surface area (Å²) in [6.07, 6.45) is 0. The van der Waals surface area contributed by atoms with Crippen LogP contribution in [0.2, 0.25) is 0 Å². The monoisotopic (exact) mass is 338 g/mol. The maximum absolute atomic E-state index is 11.8. The summed E-state index contributed by atoms with van der Waals surface area (Å²) in [7, 11) is 1.53. The van der Waals surface area contributed by atoms with Gasteiger partial charge in [-0.1, -0.05) is 15.9 Å². The molecule has 0 aliphatic heterocycles. The molecular formula is C13H11BrN2O4. The lowest BCUT2D eigenvalue weighted by atomic mass is 10.1. The molecule has 0 saturated carbocycles. The molecule has 2 N–H and O–H groups in total. The van der Waals surface area contributed by atoms with E-state index in [2.05, 4.69) is 25.9 Å². The first-order chi connectivity index (χ1) is 9.43. The first kappa shape index (κ1) is 14.3. The molecule has 0 saturated heterocycles. The Balaban J connectivity index is 2.66. The largest absolute Gasteiger partial charge is 0.497 e. The van der Waals surface area contributed by atoms with E-state index >= 15 is 0 Å². The van der Waals surface area contributed by atoms with Crippen molar-refractivity contribution >= 4 is 21.9 Å². The van der Waals surface area contributed by atoms with Gasteiger partial charge in [0.2, 0.25) is 0 Å². The number of H-pyrrole nitrogens is 1. The van der Waals surface area contributed by atoms with Crippen molar-refractivity contribution in [1.29, 1.82) is 0 Å². The maximum Gasteiger partial charge on any atom is 0.343 e. The molecule has 7 heteroatoms. The van der Waals surface area contributed by atoms with Crippen LogP contribution in [0, 0.1) is 6.92 Å². The summed E-state index contributed by atoms with van der Waals surface area (Å²) < 4.78 is 5.83. The maximum atomic E-state index is 11.8. The molecular weight excluding hydrogens is 328 g/mol. The Kier molecular flexibility index (Phi) is 3.89. The molecule has 20 heavy (non-hydrogen) atoms. The summed E-state index contributed by atoms with van der Waals surface area (Å²) in [5.74, 6) is -0.415.